The van der Waals surface area contributed by atoms with Crippen LogP contribution in [0.4, 0.5) is 0 Å². The highest BCUT2D eigenvalue weighted by Crippen LogP contribution is 2.46. The van der Waals surface area contributed by atoms with Crippen LogP contribution in [-0.4, -0.2) is 12.9 Å². The molecule has 4 heteroatoms. The third-order valence-corrected chi connectivity index (χ3v) is 4.85. The van der Waals surface area contributed by atoms with Crippen LogP contribution in [0.15, 0.2) is 78.9 Å². The highest BCUT2D eigenvalue weighted by molar-refractivity contribution is 6.30. The summed E-state index contributed by atoms with van der Waals surface area (Å²) in [5, 5.41) is 8.69. The van der Waals surface area contributed by atoms with Crippen molar-refractivity contribution in [3.05, 3.63) is 101 Å². The first kappa shape index (κ1) is 18.0. The first-order valence-corrected chi connectivity index (χ1v) is 8.73. The molecule has 0 saturated heterocycles. The predicted molar refractivity (Wildman–Crippen MR) is 107 cm³/mol. The zero-order valence-electron chi connectivity index (χ0n) is 14.6. The summed E-state index contributed by atoms with van der Waals surface area (Å²) in [4.78, 5) is 0. The Morgan fingerprint density at radius 3 is 1.96 bits per heavy atom. The van der Waals surface area contributed by atoms with Gasteiger partial charge in [0.15, 0.2) is 0 Å². The molecule has 3 aromatic rings. The molecule has 0 radical (unpaired) electrons. The number of amidine groups is 1. The number of benzene rings is 3. The van der Waals surface area contributed by atoms with Crippen LogP contribution in [0.1, 0.15) is 23.1 Å². The van der Waals surface area contributed by atoms with Crippen molar-refractivity contribution in [2.45, 2.75) is 11.8 Å². The second-order valence-electron chi connectivity index (χ2n) is 6.18. The predicted octanol–water partition coefficient (Wildman–Crippen LogP) is 5.01. The molecular formula is C22H21ClN2O. The van der Waals surface area contributed by atoms with Gasteiger partial charge in [-0.2, -0.15) is 0 Å². The maximum atomic E-state index is 8.08. The van der Waals surface area contributed by atoms with Gasteiger partial charge in [-0.3, -0.25) is 5.41 Å². The van der Waals surface area contributed by atoms with E-state index in [9.17, 15) is 0 Å². The monoisotopic (exact) mass is 364 g/mol. The average molecular weight is 365 g/mol. The summed E-state index contributed by atoms with van der Waals surface area (Å²) in [7, 11) is 1.64. The molecule has 3 rings (SSSR count). The number of halogens is 1. The van der Waals surface area contributed by atoms with E-state index in [2.05, 4.69) is 24.3 Å². The zero-order chi connectivity index (χ0) is 18.6. The Kier molecular flexibility index (Phi) is 5.29. The maximum Gasteiger partial charge on any atom is 0.123 e. The number of nitrogens with two attached hydrogens (primary N) is 1. The maximum absolute atomic E-state index is 8.08. The van der Waals surface area contributed by atoms with Crippen molar-refractivity contribution in [1.29, 1.82) is 5.41 Å². The van der Waals surface area contributed by atoms with Gasteiger partial charge >= 0.3 is 0 Å². The molecule has 0 aliphatic rings. The molecule has 0 amide bonds. The number of rotatable bonds is 6. The minimum atomic E-state index is -0.676. The summed E-state index contributed by atoms with van der Waals surface area (Å²) < 4.78 is 5.66. The number of nitrogens with one attached hydrogen (secondary N) is 1. The molecule has 0 heterocycles. The van der Waals surface area contributed by atoms with E-state index in [1.165, 1.54) is 0 Å². The number of hydrogen-bond donors (Lipinski definition) is 2. The van der Waals surface area contributed by atoms with Crippen LogP contribution < -0.4 is 10.5 Å². The third kappa shape index (κ3) is 3.31. The lowest BCUT2D eigenvalue weighted by Gasteiger charge is -2.36. The Morgan fingerprint density at radius 1 is 0.962 bits per heavy atom. The molecule has 0 aromatic heterocycles. The van der Waals surface area contributed by atoms with Crippen LogP contribution in [0.2, 0.25) is 5.02 Å². The first-order valence-electron chi connectivity index (χ1n) is 8.36. The van der Waals surface area contributed by atoms with Gasteiger partial charge in [0, 0.05) is 17.0 Å². The van der Waals surface area contributed by atoms with Gasteiger partial charge in [0.2, 0.25) is 0 Å². The van der Waals surface area contributed by atoms with Crippen molar-refractivity contribution < 1.29 is 4.74 Å². The van der Waals surface area contributed by atoms with E-state index in [0.717, 1.165) is 16.7 Å². The molecule has 0 atom stereocenters. The lowest BCUT2D eigenvalue weighted by atomic mass is 9.66. The molecule has 0 saturated carbocycles. The number of hydrogen-bond acceptors (Lipinski definition) is 2. The fourth-order valence-corrected chi connectivity index (χ4v) is 3.69. The van der Waals surface area contributed by atoms with E-state index in [-0.39, 0.29) is 5.84 Å². The van der Waals surface area contributed by atoms with E-state index in [4.69, 9.17) is 27.5 Å². The average Bonchev–Trinajstić information content (AvgIpc) is 2.67. The Bertz CT molecular complexity index is 855. The van der Waals surface area contributed by atoms with Crippen LogP contribution in [0.3, 0.4) is 0 Å². The summed E-state index contributed by atoms with van der Waals surface area (Å²) in [5.41, 5.74) is 8.20. The van der Waals surface area contributed by atoms with Crippen LogP contribution in [0.5, 0.6) is 5.75 Å². The first-order chi connectivity index (χ1) is 12.6. The summed E-state index contributed by atoms with van der Waals surface area (Å²) in [6.07, 6.45) is 0.317. The van der Waals surface area contributed by atoms with Crippen molar-refractivity contribution in [3.8, 4) is 5.75 Å². The minimum Gasteiger partial charge on any atom is -0.496 e. The lowest BCUT2D eigenvalue weighted by molar-refractivity contribution is 0.401. The Balaban J connectivity index is 2.42. The van der Waals surface area contributed by atoms with Gasteiger partial charge in [-0.25, -0.2) is 0 Å². The van der Waals surface area contributed by atoms with Crippen LogP contribution in [0.25, 0.3) is 0 Å². The SMILES string of the molecule is COc1ccc(Cl)cc1C(CC(=N)N)(c1ccccc1)c1ccccc1. The van der Waals surface area contributed by atoms with Gasteiger partial charge < -0.3 is 10.5 Å². The summed E-state index contributed by atoms with van der Waals surface area (Å²) in [6.45, 7) is 0. The van der Waals surface area contributed by atoms with Gasteiger partial charge in [0.25, 0.3) is 0 Å². The minimum absolute atomic E-state index is 0.0970. The highest BCUT2D eigenvalue weighted by atomic mass is 35.5. The molecule has 0 unspecified atom stereocenters. The van der Waals surface area contributed by atoms with E-state index in [0.29, 0.717) is 17.2 Å². The molecular weight excluding hydrogens is 344 g/mol. The number of ether oxygens (including phenoxy) is 1. The smallest absolute Gasteiger partial charge is 0.123 e. The van der Waals surface area contributed by atoms with Crippen LogP contribution >= 0.6 is 11.6 Å². The van der Waals surface area contributed by atoms with Gasteiger partial charge in [-0.05, 0) is 29.3 Å². The van der Waals surface area contributed by atoms with Crippen molar-refractivity contribution in [3.63, 3.8) is 0 Å². The molecule has 26 heavy (non-hydrogen) atoms. The van der Waals surface area contributed by atoms with Crippen LogP contribution in [-0.2, 0) is 5.41 Å². The molecule has 132 valence electrons. The molecule has 0 bridgehead atoms. The third-order valence-electron chi connectivity index (χ3n) is 4.61. The molecule has 0 fully saturated rings. The Labute approximate surface area is 158 Å². The van der Waals surface area contributed by atoms with E-state index >= 15 is 0 Å². The fraction of sp³-hybridized carbons (Fsp3) is 0.136. The zero-order valence-corrected chi connectivity index (χ0v) is 15.3. The second kappa shape index (κ2) is 7.63. The van der Waals surface area contributed by atoms with Crippen molar-refractivity contribution >= 4 is 17.4 Å². The Hall–Kier alpha value is -2.78. The van der Waals surface area contributed by atoms with E-state index < -0.39 is 5.41 Å². The lowest BCUT2D eigenvalue weighted by Crippen LogP contribution is -2.35. The second-order valence-corrected chi connectivity index (χ2v) is 6.62. The van der Waals surface area contributed by atoms with Crippen molar-refractivity contribution in [2.24, 2.45) is 5.73 Å². The van der Waals surface area contributed by atoms with Crippen molar-refractivity contribution in [1.82, 2.24) is 0 Å². The summed E-state index contributed by atoms with van der Waals surface area (Å²) in [5.74, 6) is 0.808. The molecule has 3 N–H and O–H groups in total. The largest absolute Gasteiger partial charge is 0.496 e. The summed E-state index contributed by atoms with van der Waals surface area (Å²) in [6, 6.07) is 25.7. The normalized spacial score (nSPS) is 11.2. The van der Waals surface area contributed by atoms with E-state index in [1.807, 2.05) is 48.5 Å². The van der Waals surface area contributed by atoms with Crippen LogP contribution in [0, 0.1) is 5.41 Å². The van der Waals surface area contributed by atoms with Gasteiger partial charge in [0.05, 0.1) is 18.4 Å². The van der Waals surface area contributed by atoms with Gasteiger partial charge in [0.1, 0.15) is 5.75 Å². The fourth-order valence-electron chi connectivity index (χ4n) is 3.52. The molecule has 0 aliphatic heterocycles. The quantitative estimate of drug-likeness (QED) is 0.367. The van der Waals surface area contributed by atoms with Gasteiger partial charge in [-0.1, -0.05) is 72.3 Å². The van der Waals surface area contributed by atoms with E-state index in [1.54, 1.807) is 13.2 Å². The van der Waals surface area contributed by atoms with Crippen molar-refractivity contribution in [2.75, 3.05) is 7.11 Å². The highest BCUT2D eigenvalue weighted by Gasteiger charge is 2.39. The standard InChI is InChI=1S/C22H21ClN2O/c1-26-20-13-12-18(23)14-19(20)22(15-21(24)25,16-8-4-2-5-9-16)17-10-6-3-7-11-17/h2-14H,15H2,1H3,(H3,24,25). The van der Waals surface area contributed by atoms with Gasteiger partial charge in [-0.15, -0.1) is 0 Å². The molecule has 0 aliphatic carbocycles. The number of methoxy groups -OCH3 is 1. The molecule has 3 aromatic carbocycles. The molecule has 0 spiro atoms. The molecule has 3 nitrogen and oxygen atoms in total. The Morgan fingerprint density at radius 2 is 1.50 bits per heavy atom. The topological polar surface area (TPSA) is 59.1 Å². The summed E-state index contributed by atoms with van der Waals surface area (Å²) >= 11 is 6.35.